The van der Waals surface area contributed by atoms with E-state index in [0.717, 1.165) is 6.07 Å². The van der Waals surface area contributed by atoms with Crippen molar-refractivity contribution in [2.24, 2.45) is 0 Å². The second-order valence-electron chi connectivity index (χ2n) is 6.36. The number of hydrogen-bond donors (Lipinski definition) is 0. The van der Waals surface area contributed by atoms with Crippen LogP contribution in [0.4, 0.5) is 8.78 Å². The van der Waals surface area contributed by atoms with E-state index in [-0.39, 0.29) is 33.7 Å². The molecule has 0 radical (unpaired) electrons. The van der Waals surface area contributed by atoms with Crippen LogP contribution >= 0.6 is 11.6 Å². The number of benzene rings is 3. The summed E-state index contributed by atoms with van der Waals surface area (Å²) < 4.78 is 28.9. The fraction of sp³-hybridized carbons (Fsp3) is 0.0455. The molecule has 1 heterocycles. The number of Topliss-reactive ketones (excluding diaryl/α,β-unsaturated/α-hetero) is 1. The van der Waals surface area contributed by atoms with Gasteiger partial charge in [-0.25, -0.2) is 13.8 Å². The maximum atomic E-state index is 14.0. The standard InChI is InChI=1S/C22H13ClF2N2O2/c23-16-6-2-4-8-19(16)27-21(12-20(28)14-5-1-3-7-17(14)25)26-18-10-9-13(24)11-15(18)22(27)29/h1-11H,12H2. The van der Waals surface area contributed by atoms with Crippen molar-refractivity contribution in [2.45, 2.75) is 6.42 Å². The third-order valence-corrected chi connectivity index (χ3v) is 4.81. The maximum absolute atomic E-state index is 14.0. The second-order valence-corrected chi connectivity index (χ2v) is 6.77. The van der Waals surface area contributed by atoms with Gasteiger partial charge in [0.1, 0.15) is 17.5 Å². The zero-order valence-electron chi connectivity index (χ0n) is 14.9. The highest BCUT2D eigenvalue weighted by Gasteiger charge is 2.20. The lowest BCUT2D eigenvalue weighted by atomic mass is 10.1. The smallest absolute Gasteiger partial charge is 0.266 e. The Hall–Kier alpha value is -3.38. The van der Waals surface area contributed by atoms with Crippen LogP contribution in [-0.2, 0) is 6.42 Å². The normalized spacial score (nSPS) is 11.0. The molecule has 29 heavy (non-hydrogen) atoms. The molecule has 0 N–H and O–H groups in total. The number of rotatable bonds is 4. The van der Waals surface area contributed by atoms with Crippen molar-refractivity contribution in [1.82, 2.24) is 9.55 Å². The molecular formula is C22H13ClF2N2O2. The third-order valence-electron chi connectivity index (χ3n) is 4.49. The molecule has 0 saturated carbocycles. The minimum absolute atomic E-state index is 0.0482. The predicted octanol–water partition coefficient (Wildman–Crippen LogP) is 4.74. The van der Waals surface area contributed by atoms with Crippen LogP contribution in [0.25, 0.3) is 16.6 Å². The zero-order chi connectivity index (χ0) is 20.5. The van der Waals surface area contributed by atoms with Gasteiger partial charge in [-0.15, -0.1) is 0 Å². The Balaban J connectivity index is 1.95. The maximum Gasteiger partial charge on any atom is 0.266 e. The highest BCUT2D eigenvalue weighted by atomic mass is 35.5. The van der Waals surface area contributed by atoms with Gasteiger partial charge in [0.05, 0.1) is 33.6 Å². The number of carbonyl (C=O) groups is 1. The molecule has 0 saturated heterocycles. The van der Waals surface area contributed by atoms with Gasteiger partial charge in [0.15, 0.2) is 5.78 Å². The molecule has 0 unspecified atom stereocenters. The van der Waals surface area contributed by atoms with Gasteiger partial charge in [-0.3, -0.25) is 14.2 Å². The number of para-hydroxylation sites is 1. The van der Waals surface area contributed by atoms with Crippen LogP contribution in [0.2, 0.25) is 5.02 Å². The van der Waals surface area contributed by atoms with Crippen LogP contribution < -0.4 is 5.56 Å². The summed E-state index contributed by atoms with van der Waals surface area (Å²) in [6, 6.07) is 15.7. The first-order valence-electron chi connectivity index (χ1n) is 8.69. The Morgan fingerprint density at radius 2 is 1.72 bits per heavy atom. The van der Waals surface area contributed by atoms with Gasteiger partial charge in [-0.2, -0.15) is 0 Å². The molecule has 0 aliphatic heterocycles. The van der Waals surface area contributed by atoms with Crippen molar-refractivity contribution in [1.29, 1.82) is 0 Å². The summed E-state index contributed by atoms with van der Waals surface area (Å²) in [5.74, 6) is -1.71. The third kappa shape index (κ3) is 3.54. The van der Waals surface area contributed by atoms with E-state index in [1.54, 1.807) is 30.3 Å². The molecule has 4 aromatic rings. The van der Waals surface area contributed by atoms with Crippen LogP contribution in [0.1, 0.15) is 16.2 Å². The number of ketones is 1. The Morgan fingerprint density at radius 3 is 2.48 bits per heavy atom. The van der Waals surface area contributed by atoms with Gasteiger partial charge in [-0.05, 0) is 42.5 Å². The lowest BCUT2D eigenvalue weighted by molar-refractivity contribution is 0.0986. The number of halogens is 3. The van der Waals surface area contributed by atoms with Crippen molar-refractivity contribution in [3.05, 3.63) is 105 Å². The van der Waals surface area contributed by atoms with Gasteiger partial charge >= 0.3 is 0 Å². The Morgan fingerprint density at radius 1 is 1.00 bits per heavy atom. The number of fused-ring (bicyclic) bond motifs is 1. The molecule has 0 bridgehead atoms. The fourth-order valence-electron chi connectivity index (χ4n) is 3.13. The summed E-state index contributed by atoms with van der Waals surface area (Å²) in [4.78, 5) is 30.3. The Bertz CT molecular complexity index is 1320. The molecule has 0 atom stereocenters. The lowest BCUT2D eigenvalue weighted by Crippen LogP contribution is -2.26. The summed E-state index contributed by atoms with van der Waals surface area (Å²) in [5, 5.41) is 0.304. The highest BCUT2D eigenvalue weighted by Crippen LogP contribution is 2.22. The summed E-state index contributed by atoms with van der Waals surface area (Å²) in [7, 11) is 0. The summed E-state index contributed by atoms with van der Waals surface area (Å²) in [6.45, 7) is 0. The topological polar surface area (TPSA) is 52.0 Å². The van der Waals surface area contributed by atoms with E-state index >= 15 is 0 Å². The first-order valence-corrected chi connectivity index (χ1v) is 9.07. The molecular weight excluding hydrogens is 398 g/mol. The highest BCUT2D eigenvalue weighted by molar-refractivity contribution is 6.32. The largest absolute Gasteiger partial charge is 0.294 e. The van der Waals surface area contributed by atoms with E-state index in [9.17, 15) is 18.4 Å². The molecule has 3 aromatic carbocycles. The number of hydrogen-bond acceptors (Lipinski definition) is 3. The lowest BCUT2D eigenvalue weighted by Gasteiger charge is -2.14. The average Bonchev–Trinajstić information content (AvgIpc) is 2.70. The van der Waals surface area contributed by atoms with Gasteiger partial charge in [0.25, 0.3) is 5.56 Å². The van der Waals surface area contributed by atoms with Gasteiger partial charge in [0, 0.05) is 0 Å². The van der Waals surface area contributed by atoms with Gasteiger partial charge in [0.2, 0.25) is 0 Å². The molecule has 1 aromatic heterocycles. The summed E-state index contributed by atoms with van der Waals surface area (Å²) in [6.07, 6.45) is -0.339. The van der Waals surface area contributed by atoms with E-state index < -0.39 is 23.0 Å². The first kappa shape index (κ1) is 19.0. The molecule has 144 valence electrons. The molecule has 0 spiro atoms. The van der Waals surface area contributed by atoms with Crippen LogP contribution in [0, 0.1) is 11.6 Å². The molecule has 0 fully saturated rings. The van der Waals surface area contributed by atoms with Crippen molar-refractivity contribution < 1.29 is 13.6 Å². The molecule has 7 heteroatoms. The molecule has 0 aliphatic carbocycles. The van der Waals surface area contributed by atoms with E-state index in [1.165, 1.54) is 34.9 Å². The number of aromatic nitrogens is 2. The fourth-order valence-corrected chi connectivity index (χ4v) is 3.35. The van der Waals surface area contributed by atoms with Crippen molar-refractivity contribution >= 4 is 28.3 Å². The molecule has 0 aliphatic rings. The monoisotopic (exact) mass is 410 g/mol. The van der Waals surface area contributed by atoms with Crippen molar-refractivity contribution in [2.75, 3.05) is 0 Å². The number of carbonyl (C=O) groups excluding carboxylic acids is 1. The van der Waals surface area contributed by atoms with Crippen LogP contribution in [-0.4, -0.2) is 15.3 Å². The molecule has 0 amide bonds. The second kappa shape index (κ2) is 7.56. The zero-order valence-corrected chi connectivity index (χ0v) is 15.7. The van der Waals surface area contributed by atoms with Crippen LogP contribution in [0.3, 0.4) is 0 Å². The van der Waals surface area contributed by atoms with Crippen molar-refractivity contribution in [3.8, 4) is 5.69 Å². The quantitative estimate of drug-likeness (QED) is 0.456. The number of nitrogens with zero attached hydrogens (tertiary/aromatic N) is 2. The van der Waals surface area contributed by atoms with E-state index in [0.29, 0.717) is 5.69 Å². The molecule has 4 nitrogen and oxygen atoms in total. The van der Waals surface area contributed by atoms with E-state index in [1.807, 2.05) is 0 Å². The van der Waals surface area contributed by atoms with Gasteiger partial charge < -0.3 is 0 Å². The minimum Gasteiger partial charge on any atom is -0.294 e. The van der Waals surface area contributed by atoms with Gasteiger partial charge in [-0.1, -0.05) is 35.9 Å². The van der Waals surface area contributed by atoms with E-state index in [2.05, 4.69) is 4.98 Å². The van der Waals surface area contributed by atoms with Crippen molar-refractivity contribution in [3.63, 3.8) is 0 Å². The van der Waals surface area contributed by atoms with Crippen LogP contribution in [0.15, 0.2) is 71.5 Å². The predicted molar refractivity (Wildman–Crippen MR) is 107 cm³/mol. The average molecular weight is 411 g/mol. The van der Waals surface area contributed by atoms with Crippen LogP contribution in [0.5, 0.6) is 0 Å². The first-order chi connectivity index (χ1) is 14.0. The summed E-state index contributed by atoms with van der Waals surface area (Å²) in [5.41, 5.74) is -0.143. The summed E-state index contributed by atoms with van der Waals surface area (Å²) >= 11 is 6.26. The molecule has 4 rings (SSSR count). The SMILES string of the molecule is O=C(Cc1nc2ccc(F)cc2c(=O)n1-c1ccccc1Cl)c1ccccc1F. The Labute approximate surface area is 169 Å². The van der Waals surface area contributed by atoms with E-state index in [4.69, 9.17) is 11.6 Å². The Kier molecular flexibility index (Phi) is 4.94. The minimum atomic E-state index is -0.660.